The van der Waals surface area contributed by atoms with Gasteiger partial charge in [-0.05, 0) is 23.6 Å². The zero-order chi connectivity index (χ0) is 16.2. The number of nitrogens with one attached hydrogen (secondary N) is 1. The molecule has 2 aromatic carbocycles. The summed E-state index contributed by atoms with van der Waals surface area (Å²) in [6.45, 7) is 1.52. The summed E-state index contributed by atoms with van der Waals surface area (Å²) in [5.74, 6) is -2.09. The Bertz CT molecular complexity index is 677. The number of nitrogens with zero attached hydrogens (tertiary/aromatic N) is 1. The third-order valence-corrected chi connectivity index (χ3v) is 2.99. The second kappa shape index (κ2) is 6.43. The monoisotopic (exact) mass is 306 g/mol. The van der Waals surface area contributed by atoms with Crippen LogP contribution in [0.1, 0.15) is 12.5 Å². The van der Waals surface area contributed by atoms with E-state index in [-0.39, 0.29) is 5.71 Å². The van der Waals surface area contributed by atoms with Gasteiger partial charge in [-0.15, -0.1) is 0 Å². The molecule has 0 saturated heterocycles. The number of carbonyl (C=O) groups excluding carboxylic acids is 1. The summed E-state index contributed by atoms with van der Waals surface area (Å²) in [5.41, 5.74) is 4.43. The van der Waals surface area contributed by atoms with Gasteiger partial charge in [-0.1, -0.05) is 54.6 Å². The highest BCUT2D eigenvalue weighted by Gasteiger charge is 2.38. The van der Waals surface area contributed by atoms with Crippen molar-refractivity contribution >= 4 is 11.6 Å². The summed E-state index contributed by atoms with van der Waals surface area (Å²) in [6.07, 6.45) is -4.94. The van der Waals surface area contributed by atoms with Crippen LogP contribution in [0.3, 0.4) is 0 Å². The molecule has 0 aromatic heterocycles. The standard InChI is InChI=1S/C16H13F3N2O/c1-11(20-21-15(22)16(17,18)19)12-7-9-14(10-8-12)13-5-3-2-4-6-13/h2-10H,1H3,(H,21,22)/b20-11+. The molecule has 0 radical (unpaired) electrons. The van der Waals surface area contributed by atoms with Crippen molar-refractivity contribution < 1.29 is 18.0 Å². The first-order chi connectivity index (χ1) is 10.4. The van der Waals surface area contributed by atoms with Crippen LogP contribution in [0.5, 0.6) is 0 Å². The van der Waals surface area contributed by atoms with Crippen LogP contribution in [0.15, 0.2) is 59.7 Å². The number of alkyl halides is 3. The molecule has 0 heterocycles. The van der Waals surface area contributed by atoms with Crippen LogP contribution in [-0.4, -0.2) is 17.8 Å². The van der Waals surface area contributed by atoms with Gasteiger partial charge in [0.1, 0.15) is 0 Å². The molecular formula is C16H13F3N2O. The molecule has 0 bridgehead atoms. The van der Waals surface area contributed by atoms with E-state index in [1.54, 1.807) is 12.1 Å². The van der Waals surface area contributed by atoms with Crippen LogP contribution in [0, 0.1) is 0 Å². The van der Waals surface area contributed by atoms with Crippen LogP contribution < -0.4 is 5.43 Å². The van der Waals surface area contributed by atoms with Gasteiger partial charge >= 0.3 is 12.1 Å². The maximum atomic E-state index is 12.1. The predicted octanol–water partition coefficient (Wildman–Crippen LogP) is 3.76. The molecule has 0 atom stereocenters. The van der Waals surface area contributed by atoms with Gasteiger partial charge in [-0.2, -0.15) is 18.3 Å². The largest absolute Gasteiger partial charge is 0.473 e. The van der Waals surface area contributed by atoms with Crippen molar-refractivity contribution in [2.24, 2.45) is 5.10 Å². The Kier molecular flexibility index (Phi) is 4.60. The first-order valence-corrected chi connectivity index (χ1v) is 6.45. The number of hydrazone groups is 1. The molecule has 0 aliphatic rings. The maximum Gasteiger partial charge on any atom is 0.473 e. The van der Waals surface area contributed by atoms with Gasteiger partial charge in [-0.3, -0.25) is 4.79 Å². The van der Waals surface area contributed by atoms with Gasteiger partial charge in [0.15, 0.2) is 0 Å². The Morgan fingerprint density at radius 1 is 0.955 bits per heavy atom. The molecule has 114 valence electrons. The van der Waals surface area contributed by atoms with Crippen molar-refractivity contribution in [3.05, 3.63) is 60.2 Å². The minimum absolute atomic E-state index is 0.289. The van der Waals surface area contributed by atoms with E-state index in [1.165, 1.54) is 12.3 Å². The zero-order valence-electron chi connectivity index (χ0n) is 11.7. The number of carbonyl (C=O) groups is 1. The van der Waals surface area contributed by atoms with Crippen molar-refractivity contribution in [3.63, 3.8) is 0 Å². The first kappa shape index (κ1) is 15.8. The number of halogens is 3. The van der Waals surface area contributed by atoms with E-state index in [0.29, 0.717) is 5.56 Å². The van der Waals surface area contributed by atoms with E-state index in [4.69, 9.17) is 0 Å². The summed E-state index contributed by atoms with van der Waals surface area (Å²) < 4.78 is 36.2. The summed E-state index contributed by atoms with van der Waals surface area (Å²) in [4.78, 5) is 10.7. The zero-order valence-corrected chi connectivity index (χ0v) is 11.7. The van der Waals surface area contributed by atoms with E-state index in [0.717, 1.165) is 11.1 Å². The molecule has 0 spiro atoms. The molecule has 0 aliphatic carbocycles. The van der Waals surface area contributed by atoms with Crippen LogP contribution in [0.2, 0.25) is 0 Å². The Morgan fingerprint density at radius 2 is 1.50 bits per heavy atom. The molecule has 0 fully saturated rings. The number of benzene rings is 2. The maximum absolute atomic E-state index is 12.1. The first-order valence-electron chi connectivity index (χ1n) is 6.45. The van der Waals surface area contributed by atoms with Crippen molar-refractivity contribution in [1.82, 2.24) is 5.43 Å². The van der Waals surface area contributed by atoms with E-state index in [2.05, 4.69) is 5.10 Å². The summed E-state index contributed by atoms with van der Waals surface area (Å²) in [7, 11) is 0. The minimum atomic E-state index is -4.94. The lowest BCUT2D eigenvalue weighted by Crippen LogP contribution is -2.34. The molecule has 2 aromatic rings. The van der Waals surface area contributed by atoms with Crippen LogP contribution in [0.25, 0.3) is 11.1 Å². The highest BCUT2D eigenvalue weighted by atomic mass is 19.4. The Morgan fingerprint density at radius 3 is 2.05 bits per heavy atom. The fraction of sp³-hybridized carbons (Fsp3) is 0.125. The van der Waals surface area contributed by atoms with Crippen molar-refractivity contribution in [2.75, 3.05) is 0 Å². The van der Waals surface area contributed by atoms with Crippen LogP contribution in [-0.2, 0) is 4.79 Å². The fourth-order valence-corrected chi connectivity index (χ4v) is 1.80. The van der Waals surface area contributed by atoms with Crippen molar-refractivity contribution in [1.29, 1.82) is 0 Å². The highest BCUT2D eigenvalue weighted by Crippen LogP contribution is 2.19. The van der Waals surface area contributed by atoms with Crippen LogP contribution in [0.4, 0.5) is 13.2 Å². The van der Waals surface area contributed by atoms with Crippen LogP contribution >= 0.6 is 0 Å². The van der Waals surface area contributed by atoms with Gasteiger partial charge in [0, 0.05) is 0 Å². The molecule has 3 nitrogen and oxygen atoms in total. The average Bonchev–Trinajstić information content (AvgIpc) is 2.52. The predicted molar refractivity (Wildman–Crippen MR) is 78.3 cm³/mol. The van der Waals surface area contributed by atoms with Gasteiger partial charge in [0.2, 0.25) is 0 Å². The average molecular weight is 306 g/mol. The Labute approximate surface area is 125 Å². The summed E-state index contributed by atoms with van der Waals surface area (Å²) in [5, 5.41) is 3.46. The lowest BCUT2D eigenvalue weighted by molar-refractivity contribution is -0.173. The van der Waals surface area contributed by atoms with Gasteiger partial charge in [0.25, 0.3) is 0 Å². The molecule has 0 unspecified atom stereocenters. The molecule has 2 rings (SSSR count). The second-order valence-electron chi connectivity index (χ2n) is 4.58. The van der Waals surface area contributed by atoms with Crippen molar-refractivity contribution in [3.8, 4) is 11.1 Å². The molecule has 1 N–H and O–H groups in total. The van der Waals surface area contributed by atoms with E-state index >= 15 is 0 Å². The number of amides is 1. The van der Waals surface area contributed by atoms with Gasteiger partial charge < -0.3 is 0 Å². The van der Waals surface area contributed by atoms with Gasteiger partial charge in [0.05, 0.1) is 5.71 Å². The van der Waals surface area contributed by atoms with Gasteiger partial charge in [-0.25, -0.2) is 5.43 Å². The molecule has 0 aliphatic heterocycles. The Balaban J connectivity index is 2.12. The second-order valence-corrected chi connectivity index (χ2v) is 4.58. The molecular weight excluding hydrogens is 293 g/mol. The topological polar surface area (TPSA) is 41.5 Å². The third-order valence-electron chi connectivity index (χ3n) is 2.99. The lowest BCUT2D eigenvalue weighted by Gasteiger charge is -2.06. The van der Waals surface area contributed by atoms with E-state index in [1.807, 2.05) is 42.5 Å². The molecule has 1 amide bonds. The van der Waals surface area contributed by atoms with E-state index < -0.39 is 12.1 Å². The third kappa shape index (κ3) is 3.94. The normalized spacial score (nSPS) is 12.1. The SMILES string of the molecule is C/C(=N\NC(=O)C(F)(F)F)c1ccc(-c2ccccc2)cc1. The van der Waals surface area contributed by atoms with Crippen molar-refractivity contribution in [2.45, 2.75) is 13.1 Å². The summed E-state index contributed by atoms with van der Waals surface area (Å²) >= 11 is 0. The summed E-state index contributed by atoms with van der Waals surface area (Å²) in [6, 6.07) is 16.8. The molecule has 22 heavy (non-hydrogen) atoms. The number of rotatable bonds is 3. The number of hydrogen-bond acceptors (Lipinski definition) is 2. The smallest absolute Gasteiger partial charge is 0.263 e. The molecule has 6 heteroatoms. The molecule has 0 saturated carbocycles. The highest BCUT2D eigenvalue weighted by molar-refractivity contribution is 5.99. The quantitative estimate of drug-likeness (QED) is 0.681. The number of hydrogen-bond donors (Lipinski definition) is 1. The fourth-order valence-electron chi connectivity index (χ4n) is 1.80. The van der Waals surface area contributed by atoms with E-state index in [9.17, 15) is 18.0 Å². The lowest BCUT2D eigenvalue weighted by atomic mass is 10.0. The minimum Gasteiger partial charge on any atom is -0.263 e. The Hall–Kier alpha value is -2.63.